The van der Waals surface area contributed by atoms with E-state index in [1.165, 1.54) is 0 Å². The first-order chi connectivity index (χ1) is 8.60. The summed E-state index contributed by atoms with van der Waals surface area (Å²) in [6.07, 6.45) is 0. The zero-order valence-corrected chi connectivity index (χ0v) is 10.9. The number of benzene rings is 1. The largest absolute Gasteiger partial charge is 0.373 e. The molecule has 5 nitrogen and oxygen atoms in total. The first-order valence-corrected chi connectivity index (χ1v) is 5.82. The highest BCUT2D eigenvalue weighted by molar-refractivity contribution is 6.33. The molecule has 2 rings (SSSR count). The molecule has 0 aliphatic carbocycles. The third kappa shape index (κ3) is 2.62. The number of aryl methyl sites for hydroxylation is 1. The lowest BCUT2D eigenvalue weighted by molar-refractivity contribution is 1.17. The lowest BCUT2D eigenvalue weighted by Gasteiger charge is -2.11. The second-order valence-electron chi connectivity index (χ2n) is 3.80. The van der Waals surface area contributed by atoms with Gasteiger partial charge in [0.15, 0.2) is 0 Å². The molecule has 0 saturated heterocycles. The van der Waals surface area contributed by atoms with Crippen LogP contribution in [0.3, 0.4) is 0 Å². The summed E-state index contributed by atoms with van der Waals surface area (Å²) in [6.45, 7) is 1.97. The van der Waals surface area contributed by atoms with Crippen LogP contribution in [0.4, 0.5) is 23.3 Å². The zero-order valence-electron chi connectivity index (χ0n) is 10.2. The number of para-hydroxylation sites is 1. The second kappa shape index (κ2) is 5.10. The number of rotatable bonds is 3. The molecule has 0 atom stereocenters. The smallest absolute Gasteiger partial charge is 0.223 e. The summed E-state index contributed by atoms with van der Waals surface area (Å²) in [5.74, 6) is 1.45. The van der Waals surface area contributed by atoms with Crippen molar-refractivity contribution in [1.82, 2.24) is 9.97 Å². The molecule has 0 amide bonds. The molecule has 0 saturated carbocycles. The fourth-order valence-electron chi connectivity index (χ4n) is 1.58. The van der Waals surface area contributed by atoms with Gasteiger partial charge in [0.1, 0.15) is 11.6 Å². The highest BCUT2D eigenvalue weighted by atomic mass is 35.5. The van der Waals surface area contributed by atoms with E-state index in [0.717, 1.165) is 11.3 Å². The first-order valence-electron chi connectivity index (χ1n) is 5.44. The van der Waals surface area contributed by atoms with Crippen molar-refractivity contribution in [2.45, 2.75) is 6.92 Å². The van der Waals surface area contributed by atoms with Crippen LogP contribution in [0.15, 0.2) is 24.3 Å². The molecule has 1 aromatic heterocycles. The van der Waals surface area contributed by atoms with Gasteiger partial charge < -0.3 is 16.4 Å². The van der Waals surface area contributed by atoms with Gasteiger partial charge in [0, 0.05) is 13.1 Å². The number of nitrogens with zero attached hydrogens (tertiary/aromatic N) is 2. The minimum absolute atomic E-state index is 0.203. The monoisotopic (exact) mass is 263 g/mol. The van der Waals surface area contributed by atoms with Crippen molar-refractivity contribution in [2.24, 2.45) is 0 Å². The molecule has 2 aromatic rings. The van der Waals surface area contributed by atoms with E-state index < -0.39 is 0 Å². The summed E-state index contributed by atoms with van der Waals surface area (Å²) in [7, 11) is 1.77. The van der Waals surface area contributed by atoms with Crippen LogP contribution >= 0.6 is 11.6 Å². The van der Waals surface area contributed by atoms with E-state index in [9.17, 15) is 0 Å². The number of hydrogen-bond donors (Lipinski definition) is 3. The van der Waals surface area contributed by atoms with Crippen LogP contribution in [-0.2, 0) is 0 Å². The van der Waals surface area contributed by atoms with Crippen LogP contribution in [0, 0.1) is 6.92 Å². The summed E-state index contributed by atoms with van der Waals surface area (Å²) in [6, 6.07) is 7.45. The predicted molar refractivity (Wildman–Crippen MR) is 75.5 cm³/mol. The molecule has 0 spiro atoms. The van der Waals surface area contributed by atoms with Gasteiger partial charge in [0.2, 0.25) is 5.95 Å². The molecular weight excluding hydrogens is 250 g/mol. The van der Waals surface area contributed by atoms with E-state index in [0.29, 0.717) is 16.7 Å². The first kappa shape index (κ1) is 12.4. The predicted octanol–water partition coefficient (Wildman–Crippen LogP) is 2.81. The Labute approximate surface area is 110 Å². The Kier molecular flexibility index (Phi) is 3.53. The number of nitrogens with two attached hydrogens (primary N) is 1. The molecule has 94 valence electrons. The molecule has 6 heteroatoms. The Balaban J connectivity index is 2.37. The Morgan fingerprint density at radius 3 is 2.61 bits per heavy atom. The van der Waals surface area contributed by atoms with Crippen molar-refractivity contribution in [2.75, 3.05) is 23.4 Å². The molecule has 0 fully saturated rings. The van der Waals surface area contributed by atoms with E-state index in [2.05, 4.69) is 20.6 Å². The van der Waals surface area contributed by atoms with Gasteiger partial charge in [-0.05, 0) is 18.6 Å². The molecule has 4 N–H and O–H groups in total. The standard InChI is InChI=1S/C12H14ClN5/c1-7-4-3-5-8(13)11(7)16-10-6-9(15-2)17-12(14)18-10/h3-6H,1-2H3,(H4,14,15,16,17,18). The Morgan fingerprint density at radius 2 is 1.94 bits per heavy atom. The van der Waals surface area contributed by atoms with Crippen molar-refractivity contribution in [3.63, 3.8) is 0 Å². The van der Waals surface area contributed by atoms with E-state index in [-0.39, 0.29) is 5.95 Å². The molecule has 0 bridgehead atoms. The van der Waals surface area contributed by atoms with Crippen molar-refractivity contribution >= 4 is 34.9 Å². The average Bonchev–Trinajstić information content (AvgIpc) is 2.33. The summed E-state index contributed by atoms with van der Waals surface area (Å²) in [5, 5.41) is 6.71. The van der Waals surface area contributed by atoms with Crippen LogP contribution in [-0.4, -0.2) is 17.0 Å². The van der Waals surface area contributed by atoms with E-state index in [1.54, 1.807) is 13.1 Å². The molecule has 0 unspecified atom stereocenters. The molecule has 0 aliphatic rings. The molecule has 0 radical (unpaired) electrons. The highest BCUT2D eigenvalue weighted by Gasteiger charge is 2.06. The molecule has 1 heterocycles. The van der Waals surface area contributed by atoms with Gasteiger partial charge in [-0.1, -0.05) is 23.7 Å². The normalized spacial score (nSPS) is 10.2. The molecule has 18 heavy (non-hydrogen) atoms. The van der Waals surface area contributed by atoms with Gasteiger partial charge in [-0.3, -0.25) is 0 Å². The van der Waals surface area contributed by atoms with Crippen LogP contribution in [0.5, 0.6) is 0 Å². The van der Waals surface area contributed by atoms with E-state index in [1.807, 2.05) is 25.1 Å². The second-order valence-corrected chi connectivity index (χ2v) is 4.21. The summed E-state index contributed by atoms with van der Waals surface area (Å²) < 4.78 is 0. The van der Waals surface area contributed by atoms with Gasteiger partial charge in [0.25, 0.3) is 0 Å². The number of nitrogen functional groups attached to an aromatic ring is 1. The third-order valence-corrected chi connectivity index (χ3v) is 2.79. The van der Waals surface area contributed by atoms with Crippen LogP contribution in [0.25, 0.3) is 0 Å². The van der Waals surface area contributed by atoms with Crippen LogP contribution in [0.1, 0.15) is 5.56 Å². The Bertz CT molecular complexity index is 550. The maximum absolute atomic E-state index is 6.14. The van der Waals surface area contributed by atoms with Gasteiger partial charge >= 0.3 is 0 Å². The van der Waals surface area contributed by atoms with Gasteiger partial charge in [-0.15, -0.1) is 0 Å². The maximum atomic E-state index is 6.14. The topological polar surface area (TPSA) is 75.9 Å². The summed E-state index contributed by atoms with van der Waals surface area (Å²) in [5.41, 5.74) is 7.48. The maximum Gasteiger partial charge on any atom is 0.223 e. The lowest BCUT2D eigenvalue weighted by Crippen LogP contribution is -2.04. The quantitative estimate of drug-likeness (QED) is 0.794. The van der Waals surface area contributed by atoms with Crippen LogP contribution < -0.4 is 16.4 Å². The SMILES string of the molecule is CNc1cc(Nc2c(C)cccc2Cl)nc(N)n1. The number of aromatic nitrogens is 2. The number of anilines is 4. The molecule has 1 aromatic carbocycles. The molecule has 0 aliphatic heterocycles. The summed E-state index contributed by atoms with van der Waals surface area (Å²) in [4.78, 5) is 8.14. The zero-order chi connectivity index (χ0) is 13.1. The van der Waals surface area contributed by atoms with E-state index >= 15 is 0 Å². The summed E-state index contributed by atoms with van der Waals surface area (Å²) >= 11 is 6.14. The van der Waals surface area contributed by atoms with Gasteiger partial charge in [-0.25, -0.2) is 0 Å². The minimum Gasteiger partial charge on any atom is -0.373 e. The molecular formula is C12H14ClN5. The average molecular weight is 264 g/mol. The van der Waals surface area contributed by atoms with Crippen LogP contribution in [0.2, 0.25) is 5.02 Å². The van der Waals surface area contributed by atoms with Crippen molar-refractivity contribution < 1.29 is 0 Å². The van der Waals surface area contributed by atoms with Crippen molar-refractivity contribution in [3.8, 4) is 0 Å². The van der Waals surface area contributed by atoms with E-state index in [4.69, 9.17) is 17.3 Å². The fourth-order valence-corrected chi connectivity index (χ4v) is 1.85. The number of halogens is 1. The Morgan fingerprint density at radius 1 is 1.22 bits per heavy atom. The third-order valence-electron chi connectivity index (χ3n) is 2.47. The highest BCUT2D eigenvalue weighted by Crippen LogP contribution is 2.28. The van der Waals surface area contributed by atoms with Gasteiger partial charge in [-0.2, -0.15) is 9.97 Å². The van der Waals surface area contributed by atoms with Gasteiger partial charge in [0.05, 0.1) is 10.7 Å². The number of nitrogens with one attached hydrogen (secondary N) is 2. The Hall–Kier alpha value is -2.01. The van der Waals surface area contributed by atoms with Crippen molar-refractivity contribution in [3.05, 3.63) is 34.9 Å². The minimum atomic E-state index is 0.203. The lowest BCUT2D eigenvalue weighted by atomic mass is 10.2. The fraction of sp³-hybridized carbons (Fsp3) is 0.167. The van der Waals surface area contributed by atoms with Crippen molar-refractivity contribution in [1.29, 1.82) is 0 Å². The number of hydrogen-bond acceptors (Lipinski definition) is 5.